The van der Waals surface area contributed by atoms with Crippen molar-refractivity contribution in [1.82, 2.24) is 38.7 Å². The zero-order valence-corrected chi connectivity index (χ0v) is 35.5. The van der Waals surface area contributed by atoms with Crippen LogP contribution >= 0.6 is 0 Å². The Morgan fingerprint density at radius 3 is 1.39 bits per heavy atom. The summed E-state index contributed by atoms with van der Waals surface area (Å²) < 4.78 is 46.9. The van der Waals surface area contributed by atoms with Crippen LogP contribution < -0.4 is 20.9 Å². The number of halogens is 2. The topological polar surface area (TPSA) is 257 Å². The van der Waals surface area contributed by atoms with Gasteiger partial charge in [0.15, 0.2) is 11.4 Å². The third-order valence-electron chi connectivity index (χ3n) is 9.85. The van der Waals surface area contributed by atoms with Crippen LogP contribution in [0.3, 0.4) is 0 Å². The van der Waals surface area contributed by atoms with E-state index in [1.807, 2.05) is 0 Å². The number of aliphatic hydroxyl groups excluding tert-OH is 2. The molecule has 4 aromatic heterocycles. The van der Waals surface area contributed by atoms with Crippen LogP contribution in [-0.2, 0) is 27.2 Å². The number of benzene rings is 2. The average Bonchev–Trinajstić information content (AvgIpc) is 3.98. The number of imidazole rings is 2. The van der Waals surface area contributed by atoms with Gasteiger partial charge >= 0.3 is 0 Å². The number of aromatic nitrogens is 8. The summed E-state index contributed by atoms with van der Waals surface area (Å²) in [4.78, 5) is 33.1. The smallest absolute Gasteiger partial charge is 0.269 e. The number of fused-ring (bicyclic) bond motifs is 6. The number of carbonyl (C=O) groups excluding carboxylic acids is 2. The molecular formula is C44H44F2N10O8. The Morgan fingerprint density at radius 2 is 1.08 bits per heavy atom. The highest BCUT2D eigenvalue weighted by Crippen LogP contribution is 2.39. The molecule has 2 atom stereocenters. The van der Waals surface area contributed by atoms with Crippen molar-refractivity contribution < 1.29 is 48.3 Å². The predicted molar refractivity (Wildman–Crippen MR) is 224 cm³/mol. The zero-order chi connectivity index (χ0) is 46.4. The summed E-state index contributed by atoms with van der Waals surface area (Å²) in [5, 5.41) is 49.9. The van der Waals surface area contributed by atoms with Gasteiger partial charge in [-0.1, -0.05) is 23.7 Å². The lowest BCUT2D eigenvalue weighted by Crippen LogP contribution is -2.19. The molecule has 2 aromatic carbocycles. The van der Waals surface area contributed by atoms with Crippen molar-refractivity contribution in [2.24, 2.45) is 25.6 Å². The van der Waals surface area contributed by atoms with Crippen molar-refractivity contribution in [2.45, 2.75) is 64.2 Å². The lowest BCUT2D eigenvalue weighted by molar-refractivity contribution is 0.0982. The fourth-order valence-corrected chi connectivity index (χ4v) is 7.01. The number of primary amides is 2. The molecule has 0 aliphatic carbocycles. The average molecular weight is 879 g/mol. The van der Waals surface area contributed by atoms with Crippen molar-refractivity contribution in [3.63, 3.8) is 0 Å². The van der Waals surface area contributed by atoms with Crippen LogP contribution in [0.2, 0.25) is 0 Å². The minimum absolute atomic E-state index is 0.0286. The Balaban J connectivity index is 0.000000191. The van der Waals surface area contributed by atoms with Crippen LogP contribution in [0, 0.1) is 35.3 Å². The van der Waals surface area contributed by atoms with Gasteiger partial charge in [-0.25, -0.2) is 18.7 Å². The highest BCUT2D eigenvalue weighted by atomic mass is 19.1. The number of aliphatic hydroxyl groups is 4. The van der Waals surface area contributed by atoms with E-state index in [1.54, 1.807) is 35.6 Å². The first kappa shape index (κ1) is 44.7. The van der Waals surface area contributed by atoms with E-state index in [-0.39, 0.29) is 83.4 Å². The van der Waals surface area contributed by atoms with Crippen molar-refractivity contribution in [3.05, 3.63) is 106 Å². The third-order valence-corrected chi connectivity index (χ3v) is 9.85. The van der Waals surface area contributed by atoms with E-state index in [9.17, 15) is 38.8 Å². The van der Waals surface area contributed by atoms with Gasteiger partial charge in [-0.3, -0.25) is 19.0 Å². The van der Waals surface area contributed by atoms with Crippen LogP contribution in [0.1, 0.15) is 94.5 Å². The molecule has 0 radical (unpaired) electrons. The number of aryl methyl sites for hydroxylation is 2. The molecule has 2 aliphatic rings. The lowest BCUT2D eigenvalue weighted by Gasteiger charge is -2.14. The second-order valence-corrected chi connectivity index (χ2v) is 16.0. The summed E-state index contributed by atoms with van der Waals surface area (Å²) in [6.45, 7) is 6.73. The Labute approximate surface area is 364 Å². The fourth-order valence-electron chi connectivity index (χ4n) is 7.01. The predicted octanol–water partition coefficient (Wildman–Crippen LogP) is 2.24. The molecule has 20 heteroatoms. The van der Waals surface area contributed by atoms with E-state index in [2.05, 4.69) is 43.8 Å². The Morgan fingerprint density at radius 1 is 0.703 bits per heavy atom. The maximum atomic E-state index is 14.6. The van der Waals surface area contributed by atoms with E-state index in [4.69, 9.17) is 20.9 Å². The molecule has 8 N–H and O–H groups in total. The number of nitrogens with two attached hydrogens (primary N) is 2. The van der Waals surface area contributed by atoms with Gasteiger partial charge in [0.1, 0.15) is 71.4 Å². The largest absolute Gasteiger partial charge is 0.491 e. The molecular weight excluding hydrogens is 835 g/mol. The highest BCUT2D eigenvalue weighted by Gasteiger charge is 2.33. The highest BCUT2D eigenvalue weighted by molar-refractivity contribution is 5.94. The molecule has 332 valence electrons. The number of hydrogen-bond acceptors (Lipinski definition) is 12. The van der Waals surface area contributed by atoms with Gasteiger partial charge in [-0.2, -0.15) is 10.2 Å². The second-order valence-electron chi connectivity index (χ2n) is 16.0. The number of rotatable bonds is 6. The molecule has 0 spiro atoms. The summed E-state index contributed by atoms with van der Waals surface area (Å²) in [6.07, 6.45) is 3.77. The van der Waals surface area contributed by atoms with E-state index >= 15 is 0 Å². The van der Waals surface area contributed by atoms with E-state index in [1.165, 1.54) is 73.7 Å². The van der Waals surface area contributed by atoms with Crippen molar-refractivity contribution in [1.29, 1.82) is 0 Å². The van der Waals surface area contributed by atoms with E-state index in [0.717, 1.165) is 0 Å². The maximum Gasteiger partial charge on any atom is 0.269 e. The number of ether oxygens (including phenoxy) is 2. The van der Waals surface area contributed by atoms with Crippen molar-refractivity contribution in [2.75, 3.05) is 13.2 Å². The van der Waals surface area contributed by atoms with Crippen LogP contribution in [0.15, 0.2) is 49.1 Å². The van der Waals surface area contributed by atoms with Gasteiger partial charge in [-0.05, 0) is 39.8 Å². The van der Waals surface area contributed by atoms with E-state index < -0.39 is 46.9 Å². The van der Waals surface area contributed by atoms with Crippen molar-refractivity contribution >= 4 is 11.8 Å². The van der Waals surface area contributed by atoms with Crippen LogP contribution in [0.4, 0.5) is 8.78 Å². The molecule has 0 fully saturated rings. The van der Waals surface area contributed by atoms with Crippen molar-refractivity contribution in [3.8, 4) is 58.0 Å². The molecule has 2 aliphatic heterocycles. The second kappa shape index (κ2) is 17.1. The third kappa shape index (κ3) is 9.21. The molecule has 6 heterocycles. The molecule has 0 bridgehead atoms. The molecule has 64 heavy (non-hydrogen) atoms. The van der Waals surface area contributed by atoms with Gasteiger partial charge in [0.05, 0.1) is 59.1 Å². The summed E-state index contributed by atoms with van der Waals surface area (Å²) in [5.41, 5.74) is 10.5. The molecule has 0 saturated carbocycles. The van der Waals surface area contributed by atoms with Gasteiger partial charge < -0.3 is 50.5 Å². The molecule has 6 aromatic rings. The van der Waals surface area contributed by atoms with Gasteiger partial charge in [0.2, 0.25) is 0 Å². The SMILES string of the molecule is Cn1cc([C@@H](O)c2c(C(N)=O)nc3n2CCOc2cc(F)c(C#CC(C)(C)O)cc2-3)cn1.Cn1cc([C@H](O)c2c(C(N)=O)nc3n2CCOc2cc(F)c(C#CC(C)(C)O)cc2-3)cn1. The summed E-state index contributed by atoms with van der Waals surface area (Å²) in [5.74, 6) is 8.57. The van der Waals surface area contributed by atoms with Crippen LogP contribution in [0.25, 0.3) is 22.8 Å². The van der Waals surface area contributed by atoms with Gasteiger partial charge in [0.25, 0.3) is 11.8 Å². The first-order valence-corrected chi connectivity index (χ1v) is 19.7. The molecule has 8 rings (SSSR count). The number of nitrogens with zero attached hydrogens (tertiary/aromatic N) is 8. The van der Waals surface area contributed by atoms with Crippen LogP contribution in [-0.4, -0.2) is 95.3 Å². The van der Waals surface area contributed by atoms with E-state index in [0.29, 0.717) is 22.3 Å². The maximum absolute atomic E-state index is 14.6. The molecule has 0 saturated heterocycles. The summed E-state index contributed by atoms with van der Waals surface area (Å²) >= 11 is 0. The fraction of sp³-hybridized carbons (Fsp3) is 0.318. The summed E-state index contributed by atoms with van der Waals surface area (Å²) in [7, 11) is 3.41. The lowest BCUT2D eigenvalue weighted by atomic mass is 10.1. The number of amides is 2. The first-order valence-electron chi connectivity index (χ1n) is 19.7. The molecule has 18 nitrogen and oxygen atoms in total. The Kier molecular flexibility index (Phi) is 11.9. The monoisotopic (exact) mass is 878 g/mol. The summed E-state index contributed by atoms with van der Waals surface area (Å²) in [6, 6.07) is 5.27. The van der Waals surface area contributed by atoms with Crippen LogP contribution in [0.5, 0.6) is 11.5 Å². The normalized spacial score (nSPS) is 13.8. The zero-order valence-electron chi connectivity index (χ0n) is 35.5. The van der Waals surface area contributed by atoms with Gasteiger partial charge in [0, 0.05) is 49.7 Å². The first-order chi connectivity index (χ1) is 30.1. The molecule has 0 unspecified atom stereocenters. The quantitative estimate of drug-likeness (QED) is 0.132. The minimum atomic E-state index is -1.31. The minimum Gasteiger partial charge on any atom is -0.491 e. The number of carbonyl (C=O) groups is 2. The Hall–Kier alpha value is -7.36. The molecule has 2 amide bonds. The number of hydrogen-bond donors (Lipinski definition) is 6. The van der Waals surface area contributed by atoms with Gasteiger partial charge in [-0.15, -0.1) is 0 Å². The standard InChI is InChI=1S/2C22H22FN5O4/c2*1-22(2,31)5-4-12-8-14-16(9-15(12)23)32-7-6-28-18(17(20(24)30)26-21(14)28)19(29)13-10-25-27(3)11-13/h2*8-11,19,29,31H,6-7H2,1-3H3,(H2,24,30)/t2*19-/m10/s1. The Bertz CT molecular complexity index is 2750.